The molecule has 3 heteroatoms. The molecule has 0 spiro atoms. The zero-order valence-corrected chi connectivity index (χ0v) is 8.21. The maximum Gasteiger partial charge on any atom is 0.0139 e. The Kier molecular flexibility index (Phi) is 3.98. The Morgan fingerprint density at radius 2 is 2.08 bits per heavy atom. The summed E-state index contributed by atoms with van der Waals surface area (Å²) in [6.07, 6.45) is 2.53. The molecule has 72 valence electrons. The summed E-state index contributed by atoms with van der Waals surface area (Å²) in [6, 6.07) is 1.04. The SMILES string of the molecule is CC(N)CN(C)C1CCNCC1. The lowest BCUT2D eigenvalue weighted by Gasteiger charge is -2.32. The summed E-state index contributed by atoms with van der Waals surface area (Å²) >= 11 is 0. The van der Waals surface area contributed by atoms with E-state index in [4.69, 9.17) is 5.73 Å². The van der Waals surface area contributed by atoms with Crippen LogP contribution in [-0.2, 0) is 0 Å². The minimum absolute atomic E-state index is 0.296. The summed E-state index contributed by atoms with van der Waals surface area (Å²) in [4.78, 5) is 2.39. The van der Waals surface area contributed by atoms with Crippen molar-refractivity contribution in [1.29, 1.82) is 0 Å². The highest BCUT2D eigenvalue weighted by Gasteiger charge is 2.17. The van der Waals surface area contributed by atoms with Crippen molar-refractivity contribution >= 4 is 0 Å². The van der Waals surface area contributed by atoms with E-state index < -0.39 is 0 Å². The number of nitrogens with zero attached hydrogens (tertiary/aromatic N) is 1. The normalized spacial score (nSPS) is 23.0. The van der Waals surface area contributed by atoms with Crippen LogP contribution in [0.1, 0.15) is 19.8 Å². The summed E-state index contributed by atoms with van der Waals surface area (Å²) in [6.45, 7) is 5.41. The predicted molar refractivity (Wildman–Crippen MR) is 52.2 cm³/mol. The molecule has 0 aliphatic carbocycles. The Hall–Kier alpha value is -0.120. The standard InChI is InChI=1S/C9H21N3/c1-8(10)7-12(2)9-3-5-11-6-4-9/h8-9,11H,3-7,10H2,1-2H3. The van der Waals surface area contributed by atoms with Crippen LogP contribution in [0.4, 0.5) is 0 Å². The second-order valence-electron chi connectivity index (χ2n) is 3.90. The molecule has 1 rings (SSSR count). The molecule has 0 aromatic carbocycles. The molecule has 1 aliphatic rings. The lowest BCUT2D eigenvalue weighted by molar-refractivity contribution is 0.192. The minimum Gasteiger partial charge on any atom is -0.327 e. The molecule has 1 atom stereocenters. The molecule has 1 unspecified atom stereocenters. The monoisotopic (exact) mass is 171 g/mol. The van der Waals surface area contributed by atoms with Crippen LogP contribution in [0.2, 0.25) is 0 Å². The van der Waals surface area contributed by atoms with Gasteiger partial charge in [0.15, 0.2) is 0 Å². The number of nitrogens with one attached hydrogen (secondary N) is 1. The Balaban J connectivity index is 2.24. The molecule has 0 aromatic heterocycles. The van der Waals surface area contributed by atoms with Gasteiger partial charge in [0.05, 0.1) is 0 Å². The average molecular weight is 171 g/mol. The van der Waals surface area contributed by atoms with Crippen LogP contribution >= 0.6 is 0 Å². The number of hydrogen-bond acceptors (Lipinski definition) is 3. The quantitative estimate of drug-likeness (QED) is 0.629. The Morgan fingerprint density at radius 3 is 2.58 bits per heavy atom. The zero-order chi connectivity index (χ0) is 8.97. The van der Waals surface area contributed by atoms with Gasteiger partial charge < -0.3 is 16.0 Å². The van der Waals surface area contributed by atoms with E-state index in [9.17, 15) is 0 Å². The third kappa shape index (κ3) is 3.09. The van der Waals surface area contributed by atoms with Gasteiger partial charge in [-0.3, -0.25) is 0 Å². The molecular formula is C9H21N3. The maximum atomic E-state index is 5.74. The van der Waals surface area contributed by atoms with Crippen LogP contribution in [0.3, 0.4) is 0 Å². The van der Waals surface area contributed by atoms with Gasteiger partial charge >= 0.3 is 0 Å². The van der Waals surface area contributed by atoms with E-state index in [1.807, 2.05) is 0 Å². The largest absolute Gasteiger partial charge is 0.327 e. The molecule has 0 amide bonds. The third-order valence-corrected chi connectivity index (χ3v) is 2.51. The Morgan fingerprint density at radius 1 is 1.50 bits per heavy atom. The Labute approximate surface area is 75.3 Å². The minimum atomic E-state index is 0.296. The van der Waals surface area contributed by atoms with Crippen LogP contribution in [0.5, 0.6) is 0 Å². The molecule has 0 aromatic rings. The number of piperidine rings is 1. The van der Waals surface area contributed by atoms with Crippen LogP contribution in [-0.4, -0.2) is 43.7 Å². The summed E-state index contributed by atoms with van der Waals surface area (Å²) < 4.78 is 0. The van der Waals surface area contributed by atoms with Crippen molar-refractivity contribution in [2.45, 2.75) is 31.8 Å². The first kappa shape index (κ1) is 9.96. The van der Waals surface area contributed by atoms with Gasteiger partial charge in [0.2, 0.25) is 0 Å². The second kappa shape index (κ2) is 4.80. The van der Waals surface area contributed by atoms with Crippen LogP contribution in [0.25, 0.3) is 0 Å². The van der Waals surface area contributed by atoms with E-state index in [0.717, 1.165) is 25.7 Å². The fraction of sp³-hybridized carbons (Fsp3) is 1.00. The van der Waals surface area contributed by atoms with Gasteiger partial charge in [0, 0.05) is 18.6 Å². The summed E-state index contributed by atoms with van der Waals surface area (Å²) in [7, 11) is 2.18. The van der Waals surface area contributed by atoms with Crippen LogP contribution in [0, 0.1) is 0 Å². The van der Waals surface area contributed by atoms with Crippen molar-refractivity contribution in [2.75, 3.05) is 26.7 Å². The summed E-state index contributed by atoms with van der Waals surface area (Å²) in [5.74, 6) is 0. The van der Waals surface area contributed by atoms with E-state index in [1.54, 1.807) is 0 Å². The smallest absolute Gasteiger partial charge is 0.0139 e. The molecular weight excluding hydrogens is 150 g/mol. The lowest BCUT2D eigenvalue weighted by atomic mass is 10.1. The van der Waals surface area contributed by atoms with E-state index >= 15 is 0 Å². The molecule has 1 saturated heterocycles. The first-order valence-corrected chi connectivity index (χ1v) is 4.86. The first-order chi connectivity index (χ1) is 5.70. The molecule has 1 fully saturated rings. The topological polar surface area (TPSA) is 41.3 Å². The highest BCUT2D eigenvalue weighted by atomic mass is 15.1. The van der Waals surface area contributed by atoms with Crippen molar-refractivity contribution < 1.29 is 0 Å². The molecule has 1 aliphatic heterocycles. The van der Waals surface area contributed by atoms with Crippen molar-refractivity contribution in [2.24, 2.45) is 5.73 Å². The van der Waals surface area contributed by atoms with Crippen molar-refractivity contribution in [3.05, 3.63) is 0 Å². The van der Waals surface area contributed by atoms with Gasteiger partial charge in [-0.05, 0) is 39.9 Å². The van der Waals surface area contributed by atoms with E-state index in [0.29, 0.717) is 6.04 Å². The molecule has 0 bridgehead atoms. The molecule has 3 nitrogen and oxygen atoms in total. The fourth-order valence-electron chi connectivity index (χ4n) is 1.85. The first-order valence-electron chi connectivity index (χ1n) is 4.86. The molecule has 12 heavy (non-hydrogen) atoms. The van der Waals surface area contributed by atoms with Crippen molar-refractivity contribution in [3.63, 3.8) is 0 Å². The number of hydrogen-bond donors (Lipinski definition) is 2. The van der Waals surface area contributed by atoms with Gasteiger partial charge in [-0.1, -0.05) is 0 Å². The van der Waals surface area contributed by atoms with Gasteiger partial charge in [-0.25, -0.2) is 0 Å². The zero-order valence-electron chi connectivity index (χ0n) is 8.21. The lowest BCUT2D eigenvalue weighted by Crippen LogP contribution is -2.45. The van der Waals surface area contributed by atoms with E-state index in [1.165, 1.54) is 12.8 Å². The maximum absolute atomic E-state index is 5.74. The van der Waals surface area contributed by atoms with E-state index in [2.05, 4.69) is 24.2 Å². The van der Waals surface area contributed by atoms with Gasteiger partial charge in [0.25, 0.3) is 0 Å². The van der Waals surface area contributed by atoms with E-state index in [-0.39, 0.29) is 0 Å². The summed E-state index contributed by atoms with van der Waals surface area (Å²) in [5, 5.41) is 3.36. The highest BCUT2D eigenvalue weighted by Crippen LogP contribution is 2.09. The number of likely N-dealkylation sites (N-methyl/N-ethyl adjacent to an activating group) is 1. The predicted octanol–water partition coefficient (Wildman–Crippen LogP) is 0.0174. The average Bonchev–Trinajstić information content (AvgIpc) is 2.05. The molecule has 0 radical (unpaired) electrons. The van der Waals surface area contributed by atoms with Crippen LogP contribution in [0.15, 0.2) is 0 Å². The van der Waals surface area contributed by atoms with Gasteiger partial charge in [-0.2, -0.15) is 0 Å². The van der Waals surface area contributed by atoms with Gasteiger partial charge in [0.1, 0.15) is 0 Å². The molecule has 3 N–H and O–H groups in total. The van der Waals surface area contributed by atoms with Gasteiger partial charge in [-0.15, -0.1) is 0 Å². The van der Waals surface area contributed by atoms with Crippen LogP contribution < -0.4 is 11.1 Å². The molecule has 0 saturated carbocycles. The highest BCUT2D eigenvalue weighted by molar-refractivity contribution is 4.77. The fourth-order valence-corrected chi connectivity index (χ4v) is 1.85. The number of nitrogens with two attached hydrogens (primary N) is 1. The van der Waals surface area contributed by atoms with Crippen molar-refractivity contribution in [1.82, 2.24) is 10.2 Å². The number of rotatable bonds is 3. The third-order valence-electron chi connectivity index (χ3n) is 2.51. The summed E-state index contributed by atoms with van der Waals surface area (Å²) in [5.41, 5.74) is 5.74. The van der Waals surface area contributed by atoms with Crippen molar-refractivity contribution in [3.8, 4) is 0 Å². The Bertz CT molecular complexity index is 119. The second-order valence-corrected chi connectivity index (χ2v) is 3.90. The molecule has 1 heterocycles.